The van der Waals surface area contributed by atoms with E-state index in [1.54, 1.807) is 22.9 Å². The summed E-state index contributed by atoms with van der Waals surface area (Å²) in [6.45, 7) is 0.336. The summed E-state index contributed by atoms with van der Waals surface area (Å²) >= 11 is 5.70. The van der Waals surface area contributed by atoms with Gasteiger partial charge in [0.2, 0.25) is 5.91 Å². The Morgan fingerprint density at radius 1 is 1.41 bits per heavy atom. The predicted octanol–water partition coefficient (Wildman–Crippen LogP) is 2.89. The molecule has 0 spiro atoms. The first-order valence-electron chi connectivity index (χ1n) is 6.35. The van der Waals surface area contributed by atoms with Gasteiger partial charge in [-0.2, -0.15) is 0 Å². The Balaban J connectivity index is 1.99. The second-order valence-corrected chi connectivity index (χ2v) is 4.87. The number of nitro benzene ring substituents is 1. The number of hydrogen-bond donors (Lipinski definition) is 1. The van der Waals surface area contributed by atoms with Crippen LogP contribution < -0.4 is 5.32 Å². The van der Waals surface area contributed by atoms with E-state index in [1.807, 2.05) is 0 Å². The number of halogens is 1. The highest BCUT2D eigenvalue weighted by molar-refractivity contribution is 6.32. The van der Waals surface area contributed by atoms with Crippen molar-refractivity contribution >= 4 is 35.2 Å². The van der Waals surface area contributed by atoms with E-state index in [0.717, 1.165) is 0 Å². The molecule has 2 aromatic rings. The van der Waals surface area contributed by atoms with Crippen molar-refractivity contribution in [2.75, 3.05) is 5.32 Å². The van der Waals surface area contributed by atoms with Crippen LogP contribution in [0.1, 0.15) is 16.9 Å². The van der Waals surface area contributed by atoms with Crippen molar-refractivity contribution in [3.63, 3.8) is 0 Å². The Hall–Kier alpha value is -2.67. The monoisotopic (exact) mass is 321 g/mol. The third-order valence-corrected chi connectivity index (χ3v) is 3.31. The number of carbonyl (C=O) groups is 2. The maximum Gasteiger partial charge on any atom is 0.289 e. The lowest BCUT2D eigenvalue weighted by Crippen LogP contribution is -2.15. The van der Waals surface area contributed by atoms with Gasteiger partial charge in [-0.15, -0.1) is 0 Å². The highest BCUT2D eigenvalue weighted by Crippen LogP contribution is 2.27. The van der Waals surface area contributed by atoms with Gasteiger partial charge in [0, 0.05) is 30.9 Å². The summed E-state index contributed by atoms with van der Waals surface area (Å²) in [5.41, 5.74) is 0.507. The molecule has 1 N–H and O–H groups in total. The molecule has 1 aromatic heterocycles. The van der Waals surface area contributed by atoms with Crippen LogP contribution in [-0.2, 0) is 11.3 Å². The van der Waals surface area contributed by atoms with Crippen molar-refractivity contribution < 1.29 is 14.5 Å². The van der Waals surface area contributed by atoms with E-state index in [-0.39, 0.29) is 23.0 Å². The van der Waals surface area contributed by atoms with Gasteiger partial charge in [0.25, 0.3) is 5.69 Å². The number of amides is 1. The Bertz CT molecular complexity index is 727. The molecule has 2 rings (SSSR count). The van der Waals surface area contributed by atoms with Crippen molar-refractivity contribution in [3.05, 3.63) is 57.4 Å². The zero-order valence-corrected chi connectivity index (χ0v) is 12.1. The molecule has 0 atom stereocenters. The molecule has 0 bridgehead atoms. The maximum absolute atomic E-state index is 11.9. The van der Waals surface area contributed by atoms with Crippen molar-refractivity contribution in [2.24, 2.45) is 0 Å². The molecule has 1 aromatic carbocycles. The minimum absolute atomic E-state index is 0.00552. The van der Waals surface area contributed by atoms with E-state index < -0.39 is 4.92 Å². The number of aldehydes is 1. The smallest absolute Gasteiger partial charge is 0.289 e. The SMILES string of the molecule is O=Cc1cccn1CCC(=O)Nc1ccc(Cl)c([N+](=O)[O-])c1. The third kappa shape index (κ3) is 3.70. The van der Waals surface area contributed by atoms with E-state index in [4.69, 9.17) is 11.6 Å². The van der Waals surface area contributed by atoms with Crippen LogP contribution in [0.2, 0.25) is 5.02 Å². The van der Waals surface area contributed by atoms with Gasteiger partial charge in [-0.25, -0.2) is 0 Å². The molecule has 0 aliphatic carbocycles. The highest BCUT2D eigenvalue weighted by Gasteiger charge is 2.14. The van der Waals surface area contributed by atoms with Crippen molar-refractivity contribution in [2.45, 2.75) is 13.0 Å². The Morgan fingerprint density at radius 3 is 2.86 bits per heavy atom. The number of hydrogen-bond acceptors (Lipinski definition) is 4. The fraction of sp³-hybridized carbons (Fsp3) is 0.143. The number of nitrogens with one attached hydrogen (secondary N) is 1. The van der Waals surface area contributed by atoms with Gasteiger partial charge in [-0.3, -0.25) is 19.7 Å². The summed E-state index contributed by atoms with van der Waals surface area (Å²) < 4.78 is 1.65. The number of nitro groups is 1. The van der Waals surface area contributed by atoms with Crippen molar-refractivity contribution in [1.29, 1.82) is 0 Å². The van der Waals surface area contributed by atoms with Crippen molar-refractivity contribution in [3.8, 4) is 0 Å². The summed E-state index contributed by atoms with van der Waals surface area (Å²) in [4.78, 5) is 32.8. The minimum Gasteiger partial charge on any atom is -0.345 e. The van der Waals surface area contributed by atoms with E-state index in [2.05, 4.69) is 5.32 Å². The topological polar surface area (TPSA) is 94.2 Å². The molecule has 1 heterocycles. The lowest BCUT2D eigenvalue weighted by atomic mass is 10.2. The van der Waals surface area contributed by atoms with Gasteiger partial charge in [0.15, 0.2) is 6.29 Å². The molecule has 8 heteroatoms. The van der Waals surface area contributed by atoms with Crippen LogP contribution in [0.3, 0.4) is 0 Å². The molecule has 0 aliphatic heterocycles. The van der Waals surface area contributed by atoms with Crippen LogP contribution in [-0.4, -0.2) is 21.7 Å². The first-order valence-corrected chi connectivity index (χ1v) is 6.73. The average molecular weight is 322 g/mol. The molecule has 0 aliphatic rings. The Morgan fingerprint density at radius 2 is 2.18 bits per heavy atom. The molecular weight excluding hydrogens is 310 g/mol. The number of rotatable bonds is 6. The largest absolute Gasteiger partial charge is 0.345 e. The number of nitrogens with zero attached hydrogens (tertiary/aromatic N) is 2. The zero-order valence-electron chi connectivity index (χ0n) is 11.4. The fourth-order valence-electron chi connectivity index (χ4n) is 1.91. The van der Waals surface area contributed by atoms with Crippen LogP contribution in [0.15, 0.2) is 36.5 Å². The van der Waals surface area contributed by atoms with Gasteiger partial charge in [0.1, 0.15) is 5.02 Å². The van der Waals surface area contributed by atoms with E-state index in [9.17, 15) is 19.7 Å². The van der Waals surface area contributed by atoms with E-state index in [1.165, 1.54) is 18.2 Å². The number of carbonyl (C=O) groups excluding carboxylic acids is 2. The van der Waals surface area contributed by atoms with Crippen LogP contribution >= 0.6 is 11.6 Å². The van der Waals surface area contributed by atoms with Crippen LogP contribution in [0.25, 0.3) is 0 Å². The number of benzene rings is 1. The summed E-state index contributed by atoms with van der Waals surface area (Å²) in [7, 11) is 0. The molecule has 1 amide bonds. The van der Waals surface area contributed by atoms with Gasteiger partial charge in [-0.05, 0) is 24.3 Å². The zero-order chi connectivity index (χ0) is 16.1. The normalized spacial score (nSPS) is 10.2. The molecular formula is C14H12ClN3O4. The summed E-state index contributed by atoms with van der Waals surface area (Å²) in [6, 6.07) is 7.40. The minimum atomic E-state index is -0.617. The van der Waals surface area contributed by atoms with E-state index in [0.29, 0.717) is 24.2 Å². The lowest BCUT2D eigenvalue weighted by molar-refractivity contribution is -0.384. The van der Waals surface area contributed by atoms with Crippen LogP contribution in [0.4, 0.5) is 11.4 Å². The fourth-order valence-corrected chi connectivity index (χ4v) is 2.10. The molecule has 0 saturated carbocycles. The van der Waals surface area contributed by atoms with Crippen LogP contribution in [0, 0.1) is 10.1 Å². The number of anilines is 1. The molecule has 22 heavy (non-hydrogen) atoms. The Labute approximate surface area is 130 Å². The van der Waals surface area contributed by atoms with Crippen LogP contribution in [0.5, 0.6) is 0 Å². The summed E-state index contributed by atoms with van der Waals surface area (Å²) in [6.07, 6.45) is 2.54. The second-order valence-electron chi connectivity index (χ2n) is 4.47. The van der Waals surface area contributed by atoms with Gasteiger partial charge in [-0.1, -0.05) is 11.6 Å². The standard InChI is InChI=1S/C14H12ClN3O4/c15-12-4-3-10(8-13(12)18(21)22)16-14(20)5-7-17-6-1-2-11(17)9-19/h1-4,6,8-9H,5,7H2,(H,16,20). The van der Waals surface area contributed by atoms with Gasteiger partial charge in [0.05, 0.1) is 10.6 Å². The average Bonchev–Trinajstić information content (AvgIpc) is 2.94. The highest BCUT2D eigenvalue weighted by atomic mass is 35.5. The quantitative estimate of drug-likeness (QED) is 0.503. The molecule has 7 nitrogen and oxygen atoms in total. The Kier molecular flexibility index (Phi) is 4.90. The molecule has 114 valence electrons. The molecule has 0 fully saturated rings. The maximum atomic E-state index is 11.9. The first-order chi connectivity index (χ1) is 10.5. The van der Waals surface area contributed by atoms with Gasteiger partial charge >= 0.3 is 0 Å². The molecule has 0 unspecified atom stereocenters. The summed E-state index contributed by atoms with van der Waals surface area (Å²) in [5.74, 6) is -0.317. The number of aromatic nitrogens is 1. The van der Waals surface area contributed by atoms with Crippen molar-refractivity contribution in [1.82, 2.24) is 4.57 Å². The first kappa shape index (κ1) is 15.7. The predicted molar refractivity (Wildman–Crippen MR) is 81.2 cm³/mol. The van der Waals surface area contributed by atoms with Gasteiger partial charge < -0.3 is 9.88 Å². The third-order valence-electron chi connectivity index (χ3n) is 2.99. The second kappa shape index (κ2) is 6.86. The summed E-state index contributed by atoms with van der Waals surface area (Å²) in [5, 5.41) is 13.3. The number of aryl methyl sites for hydroxylation is 1. The molecule has 0 radical (unpaired) electrons. The lowest BCUT2D eigenvalue weighted by Gasteiger charge is -2.07. The van der Waals surface area contributed by atoms with E-state index >= 15 is 0 Å². The molecule has 0 saturated heterocycles.